The molecular formula is C15H11F3N4S2. The van der Waals surface area contributed by atoms with Crippen LogP contribution in [0.15, 0.2) is 46.9 Å². The SMILES string of the molecule is FC(F)(F)c1ccc(/C=N\n2c(Cc3cccs3)n[nH]c2=S)cc1. The van der Waals surface area contributed by atoms with Gasteiger partial charge in [0.15, 0.2) is 5.82 Å². The first-order chi connectivity index (χ1) is 11.4. The Bertz CT molecular complexity index is 890. The Morgan fingerprint density at radius 3 is 2.62 bits per heavy atom. The number of halogens is 3. The van der Waals surface area contributed by atoms with Gasteiger partial charge in [-0.2, -0.15) is 28.0 Å². The number of aromatic nitrogens is 3. The number of H-pyrrole nitrogens is 1. The predicted molar refractivity (Wildman–Crippen MR) is 89.0 cm³/mol. The van der Waals surface area contributed by atoms with Gasteiger partial charge in [0.1, 0.15) is 0 Å². The van der Waals surface area contributed by atoms with Crippen molar-refractivity contribution in [3.63, 3.8) is 0 Å². The van der Waals surface area contributed by atoms with Crippen LogP contribution in [-0.4, -0.2) is 21.1 Å². The van der Waals surface area contributed by atoms with Crippen LogP contribution < -0.4 is 0 Å². The Morgan fingerprint density at radius 1 is 1.25 bits per heavy atom. The van der Waals surface area contributed by atoms with Gasteiger partial charge in [0.2, 0.25) is 4.77 Å². The average Bonchev–Trinajstić information content (AvgIpc) is 3.16. The zero-order chi connectivity index (χ0) is 17.2. The lowest BCUT2D eigenvalue weighted by Crippen LogP contribution is -2.04. The summed E-state index contributed by atoms with van der Waals surface area (Å²) in [6, 6.07) is 8.67. The van der Waals surface area contributed by atoms with Crippen LogP contribution in [0, 0.1) is 4.77 Å². The number of nitrogens with zero attached hydrogens (tertiary/aromatic N) is 3. The molecule has 0 fully saturated rings. The lowest BCUT2D eigenvalue weighted by molar-refractivity contribution is -0.137. The van der Waals surface area contributed by atoms with Crippen LogP contribution in [0.4, 0.5) is 13.2 Å². The first kappa shape index (κ1) is 16.6. The van der Waals surface area contributed by atoms with E-state index in [1.165, 1.54) is 23.0 Å². The minimum Gasteiger partial charge on any atom is -0.250 e. The van der Waals surface area contributed by atoms with Crippen LogP contribution in [0.3, 0.4) is 0 Å². The summed E-state index contributed by atoms with van der Waals surface area (Å²) in [4.78, 5) is 1.11. The van der Waals surface area contributed by atoms with E-state index in [0.717, 1.165) is 17.0 Å². The van der Waals surface area contributed by atoms with Gasteiger partial charge >= 0.3 is 6.18 Å². The van der Waals surface area contributed by atoms with Crippen molar-refractivity contribution in [1.29, 1.82) is 0 Å². The Morgan fingerprint density at radius 2 is 2.00 bits per heavy atom. The topological polar surface area (TPSA) is 46.0 Å². The van der Waals surface area contributed by atoms with Crippen molar-refractivity contribution >= 4 is 29.8 Å². The van der Waals surface area contributed by atoms with Crippen molar-refractivity contribution < 1.29 is 13.2 Å². The molecule has 0 aliphatic rings. The molecule has 124 valence electrons. The number of hydrogen-bond acceptors (Lipinski definition) is 4. The number of rotatable bonds is 4. The summed E-state index contributed by atoms with van der Waals surface area (Å²) in [5, 5.41) is 13.0. The molecule has 0 aliphatic carbocycles. The van der Waals surface area contributed by atoms with Crippen molar-refractivity contribution in [3.05, 3.63) is 68.4 Å². The highest BCUT2D eigenvalue weighted by molar-refractivity contribution is 7.71. The first-order valence-corrected chi connectivity index (χ1v) is 8.12. The number of thiophene rings is 1. The van der Waals surface area contributed by atoms with Gasteiger partial charge in [-0.25, -0.2) is 0 Å². The molecule has 0 spiro atoms. The lowest BCUT2D eigenvalue weighted by Gasteiger charge is -2.05. The summed E-state index contributed by atoms with van der Waals surface area (Å²) in [6.07, 6.45) is -2.34. The second-order valence-electron chi connectivity index (χ2n) is 4.88. The fourth-order valence-electron chi connectivity index (χ4n) is 2.01. The third-order valence-electron chi connectivity index (χ3n) is 3.19. The number of nitrogens with one attached hydrogen (secondary N) is 1. The van der Waals surface area contributed by atoms with Crippen LogP contribution in [0.25, 0.3) is 0 Å². The zero-order valence-electron chi connectivity index (χ0n) is 12.1. The molecule has 3 rings (SSSR count). The Hall–Kier alpha value is -2.26. The highest BCUT2D eigenvalue weighted by Crippen LogP contribution is 2.28. The van der Waals surface area contributed by atoms with E-state index in [4.69, 9.17) is 12.2 Å². The van der Waals surface area contributed by atoms with Gasteiger partial charge in [-0.3, -0.25) is 5.10 Å². The summed E-state index contributed by atoms with van der Waals surface area (Å²) in [5.74, 6) is 0.630. The van der Waals surface area contributed by atoms with Crippen molar-refractivity contribution in [3.8, 4) is 0 Å². The molecule has 0 bridgehead atoms. The predicted octanol–water partition coefficient (Wildman–Crippen LogP) is 4.49. The Kier molecular flexibility index (Phi) is 4.63. The van der Waals surface area contributed by atoms with Crippen molar-refractivity contribution in [2.75, 3.05) is 0 Å². The van der Waals surface area contributed by atoms with Gasteiger partial charge in [-0.05, 0) is 41.4 Å². The molecule has 0 unspecified atom stereocenters. The minimum absolute atomic E-state index is 0.324. The molecule has 2 heterocycles. The maximum absolute atomic E-state index is 12.6. The second-order valence-corrected chi connectivity index (χ2v) is 6.30. The molecular weight excluding hydrogens is 357 g/mol. The van der Waals surface area contributed by atoms with Gasteiger partial charge in [0, 0.05) is 11.3 Å². The highest BCUT2D eigenvalue weighted by Gasteiger charge is 2.29. The van der Waals surface area contributed by atoms with E-state index in [2.05, 4.69) is 15.3 Å². The molecule has 24 heavy (non-hydrogen) atoms. The number of hydrogen-bond donors (Lipinski definition) is 1. The molecule has 4 nitrogen and oxygen atoms in total. The van der Waals surface area contributed by atoms with E-state index < -0.39 is 11.7 Å². The van der Waals surface area contributed by atoms with E-state index >= 15 is 0 Å². The molecule has 3 aromatic rings. The molecule has 0 amide bonds. The van der Waals surface area contributed by atoms with Crippen LogP contribution in [0.2, 0.25) is 0 Å². The minimum atomic E-state index is -4.35. The van der Waals surface area contributed by atoms with E-state index in [9.17, 15) is 13.2 Å². The molecule has 0 aliphatic heterocycles. The summed E-state index contributed by atoms with van der Waals surface area (Å²) in [6.45, 7) is 0. The number of aromatic amines is 1. The molecule has 2 aromatic heterocycles. The van der Waals surface area contributed by atoms with Gasteiger partial charge in [-0.1, -0.05) is 18.2 Å². The summed E-state index contributed by atoms with van der Waals surface area (Å²) < 4.78 is 39.4. The summed E-state index contributed by atoms with van der Waals surface area (Å²) in [7, 11) is 0. The summed E-state index contributed by atoms with van der Waals surface area (Å²) in [5.41, 5.74) is -0.161. The van der Waals surface area contributed by atoms with Gasteiger partial charge < -0.3 is 0 Å². The van der Waals surface area contributed by atoms with E-state index in [-0.39, 0.29) is 0 Å². The summed E-state index contributed by atoms with van der Waals surface area (Å²) >= 11 is 6.73. The fourth-order valence-corrected chi connectivity index (χ4v) is 2.91. The van der Waals surface area contributed by atoms with Crippen molar-refractivity contribution in [2.24, 2.45) is 5.10 Å². The maximum Gasteiger partial charge on any atom is 0.416 e. The van der Waals surface area contributed by atoms with Crippen LogP contribution in [0.1, 0.15) is 21.8 Å². The van der Waals surface area contributed by atoms with E-state index in [0.29, 0.717) is 22.6 Å². The van der Waals surface area contributed by atoms with Crippen LogP contribution in [0.5, 0.6) is 0 Å². The van der Waals surface area contributed by atoms with Gasteiger partial charge in [-0.15, -0.1) is 11.3 Å². The monoisotopic (exact) mass is 368 g/mol. The largest absolute Gasteiger partial charge is 0.416 e. The molecule has 0 saturated heterocycles. The molecule has 0 radical (unpaired) electrons. The standard InChI is InChI=1S/C15H11F3N4S2/c16-15(17,18)11-5-3-10(4-6-11)9-19-22-13(20-21-14(22)23)8-12-2-1-7-24-12/h1-7,9H,8H2,(H,21,23)/b19-9-. The average molecular weight is 368 g/mol. The lowest BCUT2D eigenvalue weighted by atomic mass is 10.1. The first-order valence-electron chi connectivity index (χ1n) is 6.84. The third-order valence-corrected chi connectivity index (χ3v) is 4.33. The number of benzene rings is 1. The molecule has 9 heteroatoms. The smallest absolute Gasteiger partial charge is 0.250 e. The van der Waals surface area contributed by atoms with Crippen molar-refractivity contribution in [2.45, 2.75) is 12.6 Å². The second kappa shape index (κ2) is 6.70. The van der Waals surface area contributed by atoms with Gasteiger partial charge in [0.25, 0.3) is 0 Å². The molecule has 0 atom stereocenters. The number of alkyl halides is 3. The fraction of sp³-hybridized carbons (Fsp3) is 0.133. The zero-order valence-corrected chi connectivity index (χ0v) is 13.8. The third kappa shape index (κ3) is 3.80. The molecule has 1 N–H and O–H groups in total. The van der Waals surface area contributed by atoms with Crippen LogP contribution in [-0.2, 0) is 12.6 Å². The highest BCUT2D eigenvalue weighted by atomic mass is 32.1. The Balaban J connectivity index is 1.82. The maximum atomic E-state index is 12.6. The normalized spacial score (nSPS) is 12.1. The van der Waals surface area contributed by atoms with Gasteiger partial charge in [0.05, 0.1) is 11.8 Å². The molecule has 0 saturated carbocycles. The Labute approximate surface area is 144 Å². The quantitative estimate of drug-likeness (QED) is 0.545. The van der Waals surface area contributed by atoms with Crippen LogP contribution >= 0.6 is 23.6 Å². The van der Waals surface area contributed by atoms with Crippen molar-refractivity contribution in [1.82, 2.24) is 14.9 Å². The van der Waals surface area contributed by atoms with E-state index in [1.54, 1.807) is 11.3 Å². The van der Waals surface area contributed by atoms with E-state index in [1.807, 2.05) is 17.5 Å². The molecule has 1 aromatic carbocycles.